The van der Waals surface area contributed by atoms with Crippen molar-refractivity contribution in [2.75, 3.05) is 19.8 Å². The van der Waals surface area contributed by atoms with E-state index in [4.69, 9.17) is 17.3 Å². The van der Waals surface area contributed by atoms with Gasteiger partial charge in [-0.05, 0) is 86.9 Å². The third kappa shape index (κ3) is 7.72. The van der Waals surface area contributed by atoms with Crippen molar-refractivity contribution in [3.63, 3.8) is 0 Å². The van der Waals surface area contributed by atoms with Crippen molar-refractivity contribution in [2.24, 2.45) is 10.7 Å². The van der Waals surface area contributed by atoms with E-state index in [-0.39, 0.29) is 17.1 Å². The van der Waals surface area contributed by atoms with Crippen LogP contribution in [0.5, 0.6) is 0 Å². The molecule has 0 radical (unpaired) electrons. The summed E-state index contributed by atoms with van der Waals surface area (Å²) in [5.41, 5.74) is 9.62. The molecule has 1 saturated heterocycles. The summed E-state index contributed by atoms with van der Waals surface area (Å²) < 4.78 is 16.7. The Hall–Kier alpha value is -3.18. The maximum atomic E-state index is 15.1. The van der Waals surface area contributed by atoms with E-state index in [1.54, 1.807) is 37.1 Å². The van der Waals surface area contributed by atoms with Gasteiger partial charge in [-0.3, -0.25) is 9.56 Å². The van der Waals surface area contributed by atoms with Crippen molar-refractivity contribution in [1.29, 1.82) is 0 Å². The van der Waals surface area contributed by atoms with E-state index in [1.807, 2.05) is 32.2 Å². The Balaban J connectivity index is 1.31. The van der Waals surface area contributed by atoms with Crippen LogP contribution in [0.3, 0.4) is 0 Å². The van der Waals surface area contributed by atoms with Crippen molar-refractivity contribution >= 4 is 39.6 Å². The number of aliphatic imine (C=N–C) groups is 1. The number of aromatic nitrogens is 3. The lowest BCUT2D eigenvalue weighted by atomic mass is 9.92. The predicted molar refractivity (Wildman–Crippen MR) is 182 cm³/mol. The normalized spacial score (nSPS) is 18.1. The van der Waals surface area contributed by atoms with Crippen LogP contribution in [-0.2, 0) is 6.42 Å². The van der Waals surface area contributed by atoms with E-state index in [1.165, 1.54) is 23.0 Å². The fraction of sp³-hybridized carbons (Fsp3) is 0.424. The molecule has 1 fully saturated rings. The fourth-order valence-corrected chi connectivity index (χ4v) is 6.97. The highest BCUT2D eigenvalue weighted by atomic mass is 35.5. The lowest BCUT2D eigenvalue weighted by Crippen LogP contribution is -2.37. The number of piperidine rings is 1. The first-order valence-corrected chi connectivity index (χ1v) is 16.6. The molecule has 0 saturated carbocycles. The lowest BCUT2D eigenvalue weighted by molar-refractivity contribution is 0.320. The molecule has 8 nitrogen and oxygen atoms in total. The predicted octanol–water partition coefficient (Wildman–Crippen LogP) is 6.35. The summed E-state index contributed by atoms with van der Waals surface area (Å²) >= 11 is 8.02. The van der Waals surface area contributed by atoms with Gasteiger partial charge in [0.05, 0.1) is 16.4 Å². The molecule has 234 valence electrons. The zero-order chi connectivity index (χ0) is 31.2. The summed E-state index contributed by atoms with van der Waals surface area (Å²) in [5.74, 6) is 0.504. The topological polar surface area (TPSA) is 113 Å². The van der Waals surface area contributed by atoms with Gasteiger partial charge in [0.2, 0.25) is 0 Å². The monoisotopic (exact) mass is 637 g/mol. The van der Waals surface area contributed by atoms with Gasteiger partial charge < -0.3 is 21.4 Å². The fourth-order valence-electron chi connectivity index (χ4n) is 5.86. The van der Waals surface area contributed by atoms with E-state index in [0.29, 0.717) is 28.3 Å². The Morgan fingerprint density at radius 1 is 1.27 bits per heavy atom. The number of thioether (sulfide) groups is 1. The van der Waals surface area contributed by atoms with Crippen molar-refractivity contribution in [3.05, 3.63) is 81.1 Å². The Bertz CT molecular complexity index is 1670. The van der Waals surface area contributed by atoms with Gasteiger partial charge in [-0.25, -0.2) is 9.18 Å². The van der Waals surface area contributed by atoms with Crippen LogP contribution in [0.1, 0.15) is 62.6 Å². The third-order valence-electron chi connectivity index (χ3n) is 8.19. The first-order valence-electron chi connectivity index (χ1n) is 15.3. The van der Waals surface area contributed by atoms with Crippen LogP contribution in [-0.4, -0.2) is 51.6 Å². The first-order chi connectivity index (χ1) is 21.2. The van der Waals surface area contributed by atoms with E-state index in [9.17, 15) is 4.79 Å². The number of fused-ring (bicyclic) bond motifs is 1. The molecule has 0 aliphatic carbocycles. The quantitative estimate of drug-likeness (QED) is 0.119. The lowest BCUT2D eigenvalue weighted by Gasteiger charge is -2.31. The van der Waals surface area contributed by atoms with Crippen molar-refractivity contribution in [2.45, 2.75) is 70.0 Å². The highest BCUT2D eigenvalue weighted by Crippen LogP contribution is 2.32. The molecule has 0 bridgehead atoms. The summed E-state index contributed by atoms with van der Waals surface area (Å²) in [6, 6.07) is 14.2. The highest BCUT2D eigenvalue weighted by molar-refractivity contribution is 8.13. The summed E-state index contributed by atoms with van der Waals surface area (Å²) in [6.07, 6.45) is 8.75. The number of benzene rings is 2. The van der Waals surface area contributed by atoms with Crippen LogP contribution < -0.4 is 22.1 Å². The minimum Gasteiger partial charge on any atom is -0.368 e. The number of halogens is 2. The molecule has 0 spiro atoms. The molecule has 5 N–H and O–H groups in total. The molecule has 2 aromatic heterocycles. The van der Waals surface area contributed by atoms with Gasteiger partial charge in [-0.2, -0.15) is 4.98 Å². The second kappa shape index (κ2) is 14.7. The number of H-pyrrole nitrogens is 1. The van der Waals surface area contributed by atoms with Crippen LogP contribution in [0, 0.1) is 5.82 Å². The van der Waals surface area contributed by atoms with Crippen molar-refractivity contribution in [1.82, 2.24) is 25.2 Å². The number of nitrogens with zero attached hydrogens (tertiary/aromatic N) is 3. The van der Waals surface area contributed by atoms with Gasteiger partial charge in [0.25, 0.3) is 0 Å². The number of nitrogens with two attached hydrogens (primary N) is 1. The molecule has 3 heterocycles. The molecule has 1 aliphatic heterocycles. The summed E-state index contributed by atoms with van der Waals surface area (Å²) in [7, 11) is 3.70. The molecule has 44 heavy (non-hydrogen) atoms. The zero-order valence-electron chi connectivity index (χ0n) is 25.5. The molecule has 0 amide bonds. The summed E-state index contributed by atoms with van der Waals surface area (Å²) in [4.78, 5) is 24.7. The zero-order valence-corrected chi connectivity index (χ0v) is 27.1. The van der Waals surface area contributed by atoms with Crippen LogP contribution in [0.2, 0.25) is 5.02 Å². The van der Waals surface area contributed by atoms with Crippen molar-refractivity contribution < 1.29 is 4.39 Å². The number of aromatic amines is 1. The average Bonchev–Trinajstić information content (AvgIpc) is 3.43. The molecule has 1 aliphatic rings. The molecule has 4 aromatic rings. The van der Waals surface area contributed by atoms with Gasteiger partial charge in [-0.1, -0.05) is 41.9 Å². The number of amidine groups is 1. The maximum absolute atomic E-state index is 15.1. The van der Waals surface area contributed by atoms with Crippen LogP contribution in [0.25, 0.3) is 28.0 Å². The van der Waals surface area contributed by atoms with E-state index < -0.39 is 11.5 Å². The second-order valence-electron chi connectivity index (χ2n) is 11.5. The Morgan fingerprint density at radius 3 is 2.80 bits per heavy atom. The SMILES string of the molecule is CN=C(NC)SCCC1CCC[C@@H](c2ccc(-n3cc4cc(-c5cc(CCC[C@H](C)N)cc(Cl)c5F)[nH]c4nc3=O)cc2)N1. The Labute approximate surface area is 267 Å². The maximum Gasteiger partial charge on any atom is 0.354 e. The van der Waals surface area contributed by atoms with Crippen LogP contribution in [0.4, 0.5) is 4.39 Å². The summed E-state index contributed by atoms with van der Waals surface area (Å²) in [6.45, 7) is 1.97. The van der Waals surface area contributed by atoms with Gasteiger partial charge in [-0.15, -0.1) is 0 Å². The number of hydrogen-bond donors (Lipinski definition) is 4. The van der Waals surface area contributed by atoms with Crippen LogP contribution in [0.15, 0.2) is 58.4 Å². The molecule has 2 aromatic carbocycles. The van der Waals surface area contributed by atoms with Crippen LogP contribution >= 0.6 is 23.4 Å². The molecule has 11 heteroatoms. The molecular formula is C33H41ClFN7OS. The van der Waals surface area contributed by atoms with Gasteiger partial charge in [0, 0.05) is 55.1 Å². The number of hydrogen-bond acceptors (Lipinski definition) is 6. The molecule has 5 rings (SSSR count). The standard InChI is InChI=1S/C33H41ClFN7OS/c1-20(36)6-4-7-21-16-26(30(35)27(34)17-21)29-18-23-19-42(33(43)41-31(23)40-29)25-12-10-22(11-13-25)28-9-5-8-24(39-28)14-15-44-32(37-2)38-3/h10-13,16-20,24,28,39H,4-9,14-15,36H2,1-3H3,(H,37,38)(H,40,41,43)/t20-,24?,28-/m0/s1. The first kappa shape index (κ1) is 32.2. The highest BCUT2D eigenvalue weighted by Gasteiger charge is 2.22. The third-order valence-corrected chi connectivity index (χ3v) is 9.56. The minimum absolute atomic E-state index is 0.0659. The number of rotatable bonds is 10. The summed E-state index contributed by atoms with van der Waals surface area (Å²) in [5, 5.41) is 8.66. The average molecular weight is 638 g/mol. The number of aryl methyl sites for hydroxylation is 1. The largest absolute Gasteiger partial charge is 0.368 e. The van der Waals surface area contributed by atoms with Gasteiger partial charge in [0.1, 0.15) is 5.65 Å². The number of nitrogens with one attached hydrogen (secondary N) is 3. The Kier molecular flexibility index (Phi) is 10.8. The smallest absolute Gasteiger partial charge is 0.354 e. The molecule has 1 unspecified atom stereocenters. The van der Waals surface area contributed by atoms with E-state index in [0.717, 1.165) is 54.3 Å². The Morgan fingerprint density at radius 2 is 2.07 bits per heavy atom. The molecule has 3 atom stereocenters. The minimum atomic E-state index is -0.505. The van der Waals surface area contributed by atoms with E-state index in [2.05, 4.69) is 37.7 Å². The van der Waals surface area contributed by atoms with E-state index >= 15 is 4.39 Å². The van der Waals surface area contributed by atoms with Gasteiger partial charge in [0.15, 0.2) is 11.0 Å². The van der Waals surface area contributed by atoms with Gasteiger partial charge >= 0.3 is 5.69 Å². The second-order valence-corrected chi connectivity index (χ2v) is 13.0. The van der Waals surface area contributed by atoms with Crippen molar-refractivity contribution in [3.8, 4) is 16.9 Å². The molecular weight excluding hydrogens is 597 g/mol.